The van der Waals surface area contributed by atoms with E-state index in [-0.39, 0.29) is 66.6 Å². The van der Waals surface area contributed by atoms with Crippen molar-refractivity contribution in [1.29, 1.82) is 0 Å². The van der Waals surface area contributed by atoms with Crippen LogP contribution in [0, 0.1) is 29.6 Å². The number of benzene rings is 1. The molecule has 0 spiro atoms. The summed E-state index contributed by atoms with van der Waals surface area (Å²) in [6.07, 6.45) is 4.73. The Morgan fingerprint density at radius 1 is 0.904 bits per heavy atom. The number of carbonyl (C=O) groups is 5. The Labute approximate surface area is 311 Å². The number of amides is 2. The monoisotopic (exact) mass is 727 g/mol. The zero-order valence-corrected chi connectivity index (χ0v) is 33.1. The third kappa shape index (κ3) is 11.2. The van der Waals surface area contributed by atoms with Gasteiger partial charge in [-0.2, -0.15) is 0 Å². The number of hydrogen-bond acceptors (Lipinski definition) is 9. The zero-order valence-electron chi connectivity index (χ0n) is 33.1. The maximum Gasteiger partial charge on any atom is 0.309 e. The molecule has 7 atom stereocenters. The molecule has 1 heterocycles. The molecule has 2 aliphatic rings. The minimum atomic E-state index is -1.04. The van der Waals surface area contributed by atoms with Crippen molar-refractivity contribution in [3.63, 3.8) is 0 Å². The van der Waals surface area contributed by atoms with E-state index in [1.54, 1.807) is 40.0 Å². The molecular formula is C41H65N3O8. The number of methoxy groups -OCH3 is 3. The Morgan fingerprint density at radius 3 is 2.08 bits per heavy atom. The van der Waals surface area contributed by atoms with E-state index in [0.717, 1.165) is 37.7 Å². The summed E-state index contributed by atoms with van der Waals surface area (Å²) in [4.78, 5) is 71.4. The third-order valence-corrected chi connectivity index (χ3v) is 11.6. The SMILES string of the molecule is COC(=O)[C@@H](CC(=O)[C@H](C)[C@@H](OC)[C@@H]1CCCN1C(=O)C[C@@H](OC)[C@H](C1CCCC1)N(C)C(=O)[C@@H](CC(=O)C(C)(C)N)C(C)C)Cc1ccccc1. The van der Waals surface area contributed by atoms with Gasteiger partial charge in [0, 0.05) is 52.5 Å². The molecule has 1 saturated heterocycles. The number of ketones is 2. The molecule has 2 fully saturated rings. The molecule has 1 saturated carbocycles. The molecule has 52 heavy (non-hydrogen) atoms. The number of nitrogens with two attached hydrogens (primary N) is 1. The molecule has 2 N–H and O–H groups in total. The number of esters is 1. The minimum absolute atomic E-state index is 0.00415. The van der Waals surface area contributed by atoms with Crippen molar-refractivity contribution < 1.29 is 38.2 Å². The second kappa shape index (κ2) is 19.8. The lowest BCUT2D eigenvalue weighted by Gasteiger charge is -2.41. The highest BCUT2D eigenvalue weighted by molar-refractivity contribution is 5.92. The first-order valence-electron chi connectivity index (χ1n) is 19.1. The van der Waals surface area contributed by atoms with Gasteiger partial charge in [0.05, 0.1) is 49.3 Å². The summed E-state index contributed by atoms with van der Waals surface area (Å²) in [5.41, 5.74) is 6.01. The molecule has 3 rings (SSSR count). The number of likely N-dealkylation sites (tertiary alicyclic amines) is 1. The maximum absolute atomic E-state index is 14.2. The largest absolute Gasteiger partial charge is 0.469 e. The highest BCUT2D eigenvalue weighted by Crippen LogP contribution is 2.36. The van der Waals surface area contributed by atoms with Crippen molar-refractivity contribution in [3.8, 4) is 0 Å². The summed E-state index contributed by atoms with van der Waals surface area (Å²) in [6.45, 7) is 9.55. The Hall–Kier alpha value is -3.15. The predicted octanol–water partition coefficient (Wildman–Crippen LogP) is 5.01. The standard InChI is InChI=1S/C41H65N3O8/c1-26(2)31(24-35(46)41(4,5)42)39(48)43(6)37(29-18-13-14-19-29)34(50-7)25-36(47)44-21-15-20-32(44)38(51-8)27(3)33(45)23-30(40(49)52-9)22-28-16-11-10-12-17-28/h10-12,16-17,26-27,29-32,34,37-38H,13-15,18-25,42H2,1-9H3/t27-,30+,31-,32-,34+,37-,38+/m0/s1. The summed E-state index contributed by atoms with van der Waals surface area (Å²) in [5, 5.41) is 0. The molecule has 0 radical (unpaired) electrons. The first-order chi connectivity index (χ1) is 24.5. The van der Waals surface area contributed by atoms with E-state index in [0.29, 0.717) is 19.4 Å². The van der Waals surface area contributed by atoms with Crippen LogP contribution in [0.3, 0.4) is 0 Å². The predicted molar refractivity (Wildman–Crippen MR) is 200 cm³/mol. The molecule has 2 amide bonds. The maximum atomic E-state index is 14.2. The number of likely N-dealkylation sites (N-methyl/N-ethyl adjacent to an activating group) is 1. The van der Waals surface area contributed by atoms with Crippen molar-refractivity contribution in [2.75, 3.05) is 34.9 Å². The number of nitrogens with zero attached hydrogens (tertiary/aromatic N) is 2. The van der Waals surface area contributed by atoms with Gasteiger partial charge in [-0.05, 0) is 63.4 Å². The van der Waals surface area contributed by atoms with E-state index in [1.165, 1.54) is 7.11 Å². The molecule has 1 aliphatic carbocycles. The lowest BCUT2D eigenvalue weighted by molar-refractivity contribution is -0.150. The molecule has 0 bridgehead atoms. The Bertz CT molecular complexity index is 1340. The van der Waals surface area contributed by atoms with Gasteiger partial charge in [0.2, 0.25) is 11.8 Å². The number of Topliss-reactive ketones (excluding diaryl/α,β-unsaturated/α-hetero) is 2. The zero-order chi connectivity index (χ0) is 38.7. The summed E-state index contributed by atoms with van der Waals surface area (Å²) in [5.74, 6) is -2.66. The Kier molecular flexibility index (Phi) is 16.5. The van der Waals surface area contributed by atoms with Crippen LogP contribution in [0.15, 0.2) is 30.3 Å². The van der Waals surface area contributed by atoms with Gasteiger partial charge in [0.1, 0.15) is 5.78 Å². The lowest BCUT2D eigenvalue weighted by Crippen LogP contribution is -2.54. The van der Waals surface area contributed by atoms with Gasteiger partial charge in [-0.25, -0.2) is 0 Å². The van der Waals surface area contributed by atoms with E-state index in [2.05, 4.69) is 0 Å². The van der Waals surface area contributed by atoms with Crippen LogP contribution in [0.2, 0.25) is 0 Å². The number of rotatable bonds is 20. The molecule has 1 aromatic rings. The van der Waals surface area contributed by atoms with Gasteiger partial charge in [-0.3, -0.25) is 24.0 Å². The summed E-state index contributed by atoms with van der Waals surface area (Å²) in [7, 11) is 6.26. The number of hydrogen-bond donors (Lipinski definition) is 1. The smallest absolute Gasteiger partial charge is 0.309 e. The second-order valence-electron chi connectivity index (χ2n) is 16.0. The van der Waals surface area contributed by atoms with Crippen LogP contribution in [0.4, 0.5) is 0 Å². The number of ether oxygens (including phenoxy) is 3. The topological polar surface area (TPSA) is 146 Å². The van der Waals surface area contributed by atoms with Crippen LogP contribution in [-0.2, 0) is 44.6 Å². The second-order valence-corrected chi connectivity index (χ2v) is 16.0. The molecule has 0 unspecified atom stereocenters. The molecule has 1 aromatic carbocycles. The van der Waals surface area contributed by atoms with Gasteiger partial charge in [0.15, 0.2) is 5.78 Å². The quantitative estimate of drug-likeness (QED) is 0.183. The van der Waals surface area contributed by atoms with Crippen molar-refractivity contribution in [3.05, 3.63) is 35.9 Å². The Morgan fingerprint density at radius 2 is 1.54 bits per heavy atom. The van der Waals surface area contributed by atoms with Gasteiger partial charge >= 0.3 is 5.97 Å². The van der Waals surface area contributed by atoms with Crippen LogP contribution >= 0.6 is 0 Å². The van der Waals surface area contributed by atoms with Gasteiger partial charge in [-0.15, -0.1) is 0 Å². The molecule has 0 aromatic heterocycles. The normalized spacial score (nSPS) is 20.2. The van der Waals surface area contributed by atoms with Crippen LogP contribution in [-0.4, -0.2) is 104 Å². The van der Waals surface area contributed by atoms with Gasteiger partial charge in [0.25, 0.3) is 0 Å². The first kappa shape index (κ1) is 43.3. The summed E-state index contributed by atoms with van der Waals surface area (Å²) < 4.78 is 17.1. The van der Waals surface area contributed by atoms with E-state index in [9.17, 15) is 24.0 Å². The highest BCUT2D eigenvalue weighted by Gasteiger charge is 2.44. The highest BCUT2D eigenvalue weighted by atomic mass is 16.5. The van der Waals surface area contributed by atoms with Crippen LogP contribution in [0.5, 0.6) is 0 Å². The van der Waals surface area contributed by atoms with Crippen molar-refractivity contribution in [2.24, 2.45) is 35.3 Å². The number of carbonyl (C=O) groups excluding carboxylic acids is 5. The third-order valence-electron chi connectivity index (χ3n) is 11.6. The van der Waals surface area contributed by atoms with Crippen LogP contribution < -0.4 is 5.73 Å². The van der Waals surface area contributed by atoms with Crippen LogP contribution in [0.1, 0.15) is 98.0 Å². The molecule has 1 aliphatic heterocycles. The van der Waals surface area contributed by atoms with E-state index < -0.39 is 41.5 Å². The van der Waals surface area contributed by atoms with Crippen molar-refractivity contribution in [2.45, 2.75) is 129 Å². The van der Waals surface area contributed by atoms with Crippen LogP contribution in [0.25, 0.3) is 0 Å². The fourth-order valence-corrected chi connectivity index (χ4v) is 8.33. The van der Waals surface area contributed by atoms with Gasteiger partial charge in [-0.1, -0.05) is 63.9 Å². The fourth-order valence-electron chi connectivity index (χ4n) is 8.33. The van der Waals surface area contributed by atoms with E-state index >= 15 is 0 Å². The van der Waals surface area contributed by atoms with Gasteiger partial charge < -0.3 is 29.7 Å². The minimum Gasteiger partial charge on any atom is -0.469 e. The van der Waals surface area contributed by atoms with Crippen molar-refractivity contribution in [1.82, 2.24) is 9.80 Å². The summed E-state index contributed by atoms with van der Waals surface area (Å²) >= 11 is 0. The summed E-state index contributed by atoms with van der Waals surface area (Å²) in [6, 6.07) is 8.86. The fraction of sp³-hybridized carbons (Fsp3) is 0.732. The molecule has 11 heteroatoms. The van der Waals surface area contributed by atoms with E-state index in [4.69, 9.17) is 19.9 Å². The molecular weight excluding hydrogens is 662 g/mol. The van der Waals surface area contributed by atoms with Crippen molar-refractivity contribution >= 4 is 29.4 Å². The average molecular weight is 728 g/mol. The van der Waals surface area contributed by atoms with E-state index in [1.807, 2.05) is 56.0 Å². The average Bonchev–Trinajstić information content (AvgIpc) is 3.82. The molecule has 292 valence electrons. The molecule has 11 nitrogen and oxygen atoms in total. The lowest BCUT2D eigenvalue weighted by atomic mass is 9.83. The Balaban J connectivity index is 1.79. The first-order valence-corrected chi connectivity index (χ1v) is 19.1.